The second kappa shape index (κ2) is 6.52. The Kier molecular flexibility index (Phi) is 5.03. The van der Waals surface area contributed by atoms with E-state index in [4.69, 9.17) is 11.0 Å². The Morgan fingerprint density at radius 2 is 2.00 bits per heavy atom. The molecule has 1 rings (SSSR count). The van der Waals surface area contributed by atoms with Crippen molar-refractivity contribution in [1.82, 2.24) is 0 Å². The highest BCUT2D eigenvalue weighted by molar-refractivity contribution is 5.94. The van der Waals surface area contributed by atoms with Crippen molar-refractivity contribution in [2.75, 3.05) is 6.61 Å². The number of hydrogen-bond acceptors (Lipinski definition) is 5. The lowest BCUT2D eigenvalue weighted by Crippen LogP contribution is -2.34. The van der Waals surface area contributed by atoms with Crippen molar-refractivity contribution in [3.8, 4) is 6.07 Å². The molecule has 0 aliphatic carbocycles. The van der Waals surface area contributed by atoms with Gasteiger partial charge < -0.3 is 10.5 Å². The van der Waals surface area contributed by atoms with Gasteiger partial charge in [-0.1, -0.05) is 24.3 Å². The van der Waals surface area contributed by atoms with Gasteiger partial charge in [-0.05, 0) is 18.9 Å². The number of rotatable bonds is 5. The monoisotopic (exact) mass is 246 g/mol. The van der Waals surface area contributed by atoms with Crippen LogP contribution in [-0.2, 0) is 16.0 Å². The molecule has 2 N–H and O–H groups in total. The molecule has 1 aromatic carbocycles. The zero-order valence-electron chi connectivity index (χ0n) is 10.1. The fourth-order valence-electron chi connectivity index (χ4n) is 1.42. The third-order valence-electron chi connectivity index (χ3n) is 2.40. The van der Waals surface area contributed by atoms with Crippen molar-refractivity contribution in [2.45, 2.75) is 19.4 Å². The largest absolute Gasteiger partial charge is 0.449 e. The summed E-state index contributed by atoms with van der Waals surface area (Å²) in [4.78, 5) is 22.4. The average molecular weight is 246 g/mol. The minimum absolute atomic E-state index is 0.0146. The molecule has 0 saturated carbocycles. The van der Waals surface area contributed by atoms with Crippen LogP contribution in [0.15, 0.2) is 24.3 Å². The van der Waals surface area contributed by atoms with E-state index in [9.17, 15) is 9.59 Å². The predicted molar refractivity (Wildman–Crippen MR) is 64.7 cm³/mol. The minimum atomic E-state index is -0.804. The highest BCUT2D eigenvalue weighted by atomic mass is 16.5. The maximum Gasteiger partial charge on any atom is 0.324 e. The second-order valence-electron chi connectivity index (χ2n) is 3.83. The molecule has 1 atom stereocenters. The summed E-state index contributed by atoms with van der Waals surface area (Å²) < 4.78 is 4.61. The summed E-state index contributed by atoms with van der Waals surface area (Å²) in [5, 5.41) is 8.27. The van der Waals surface area contributed by atoms with Crippen molar-refractivity contribution < 1.29 is 14.3 Å². The molecule has 0 spiro atoms. The van der Waals surface area contributed by atoms with Crippen LogP contribution < -0.4 is 5.73 Å². The number of ketones is 1. The summed E-state index contributed by atoms with van der Waals surface area (Å²) in [5.74, 6) is -0.619. The van der Waals surface area contributed by atoms with Gasteiger partial charge in [-0.2, -0.15) is 5.26 Å². The standard InChI is InChI=1S/C13H14N2O3/c1-9(16)11-4-2-10(3-5-11)8-12(15)13(17)18-7-6-14/h2-5,12H,7-8,15H2,1H3. The van der Waals surface area contributed by atoms with Crippen LogP contribution in [0.1, 0.15) is 22.8 Å². The van der Waals surface area contributed by atoms with Gasteiger partial charge in [0, 0.05) is 5.56 Å². The lowest BCUT2D eigenvalue weighted by atomic mass is 10.0. The quantitative estimate of drug-likeness (QED) is 0.613. The van der Waals surface area contributed by atoms with Crippen LogP contribution in [-0.4, -0.2) is 24.4 Å². The molecule has 0 aromatic heterocycles. The summed E-state index contributed by atoms with van der Waals surface area (Å²) in [5.41, 5.74) is 7.08. The van der Waals surface area contributed by atoms with E-state index in [2.05, 4.69) is 4.74 Å². The van der Waals surface area contributed by atoms with Crippen molar-refractivity contribution in [3.63, 3.8) is 0 Å². The summed E-state index contributed by atoms with van der Waals surface area (Å²) in [6, 6.07) is 7.76. The van der Waals surface area contributed by atoms with Gasteiger partial charge in [0.2, 0.25) is 0 Å². The molecule has 0 aliphatic heterocycles. The van der Waals surface area contributed by atoms with Gasteiger partial charge >= 0.3 is 5.97 Å². The van der Waals surface area contributed by atoms with Gasteiger partial charge in [-0.15, -0.1) is 0 Å². The first-order chi connectivity index (χ1) is 8.54. The Labute approximate surface area is 105 Å². The molecule has 5 heteroatoms. The van der Waals surface area contributed by atoms with E-state index in [1.165, 1.54) is 6.92 Å². The molecule has 0 aliphatic rings. The molecule has 0 heterocycles. The van der Waals surface area contributed by atoms with E-state index in [0.29, 0.717) is 12.0 Å². The van der Waals surface area contributed by atoms with E-state index in [1.54, 1.807) is 30.3 Å². The van der Waals surface area contributed by atoms with E-state index < -0.39 is 12.0 Å². The Balaban J connectivity index is 2.59. The fourth-order valence-corrected chi connectivity index (χ4v) is 1.42. The van der Waals surface area contributed by atoms with Gasteiger partial charge in [0.15, 0.2) is 12.4 Å². The van der Waals surface area contributed by atoms with E-state index in [1.807, 2.05) is 0 Å². The molecule has 0 fully saturated rings. The number of nitrogens with two attached hydrogens (primary N) is 1. The molecular weight excluding hydrogens is 232 g/mol. The van der Waals surface area contributed by atoms with Crippen LogP contribution in [0.3, 0.4) is 0 Å². The van der Waals surface area contributed by atoms with Crippen LogP contribution in [0.5, 0.6) is 0 Å². The van der Waals surface area contributed by atoms with E-state index >= 15 is 0 Å². The van der Waals surface area contributed by atoms with Gasteiger partial charge in [-0.25, -0.2) is 0 Å². The number of hydrogen-bond donors (Lipinski definition) is 1. The third kappa shape index (κ3) is 4.00. The Bertz CT molecular complexity index is 474. The molecule has 0 amide bonds. The molecular formula is C13H14N2O3. The number of nitriles is 1. The van der Waals surface area contributed by atoms with Crippen molar-refractivity contribution in [1.29, 1.82) is 5.26 Å². The number of carbonyl (C=O) groups excluding carboxylic acids is 2. The van der Waals surface area contributed by atoms with E-state index in [-0.39, 0.29) is 12.4 Å². The van der Waals surface area contributed by atoms with Crippen LogP contribution >= 0.6 is 0 Å². The number of nitrogens with zero attached hydrogens (tertiary/aromatic N) is 1. The molecule has 1 unspecified atom stereocenters. The maximum absolute atomic E-state index is 11.3. The van der Waals surface area contributed by atoms with Crippen molar-refractivity contribution in [3.05, 3.63) is 35.4 Å². The van der Waals surface area contributed by atoms with E-state index in [0.717, 1.165) is 5.56 Å². The number of benzene rings is 1. The highest BCUT2D eigenvalue weighted by Crippen LogP contribution is 2.07. The number of esters is 1. The Morgan fingerprint density at radius 1 is 1.39 bits per heavy atom. The van der Waals surface area contributed by atoms with Gasteiger partial charge in [0.1, 0.15) is 12.1 Å². The molecule has 0 saturated heterocycles. The molecule has 0 radical (unpaired) electrons. The molecule has 0 bridgehead atoms. The normalized spacial score (nSPS) is 11.4. The maximum atomic E-state index is 11.3. The summed E-state index contributed by atoms with van der Waals surface area (Å²) in [7, 11) is 0. The first-order valence-electron chi connectivity index (χ1n) is 5.43. The number of Topliss-reactive ketones (excluding diaryl/α,β-unsaturated/α-hetero) is 1. The second-order valence-corrected chi connectivity index (χ2v) is 3.83. The van der Waals surface area contributed by atoms with Gasteiger partial charge in [0.25, 0.3) is 0 Å². The van der Waals surface area contributed by atoms with Crippen molar-refractivity contribution >= 4 is 11.8 Å². The lowest BCUT2D eigenvalue weighted by Gasteiger charge is -2.10. The predicted octanol–water partition coefficient (Wildman–Crippen LogP) is 0.826. The Hall–Kier alpha value is -2.19. The molecule has 1 aromatic rings. The zero-order chi connectivity index (χ0) is 13.5. The third-order valence-corrected chi connectivity index (χ3v) is 2.40. The summed E-state index contributed by atoms with van der Waals surface area (Å²) in [6.45, 7) is 1.19. The fraction of sp³-hybridized carbons (Fsp3) is 0.308. The summed E-state index contributed by atoms with van der Waals surface area (Å²) in [6.07, 6.45) is 0.308. The topological polar surface area (TPSA) is 93.2 Å². The van der Waals surface area contributed by atoms with Crippen LogP contribution in [0.2, 0.25) is 0 Å². The number of carbonyl (C=O) groups is 2. The van der Waals surface area contributed by atoms with Crippen LogP contribution in [0.4, 0.5) is 0 Å². The molecule has 18 heavy (non-hydrogen) atoms. The number of ether oxygens (including phenoxy) is 1. The Morgan fingerprint density at radius 3 is 2.50 bits per heavy atom. The first-order valence-corrected chi connectivity index (χ1v) is 5.43. The van der Waals surface area contributed by atoms with Crippen molar-refractivity contribution in [2.24, 2.45) is 5.73 Å². The SMILES string of the molecule is CC(=O)c1ccc(CC(N)C(=O)OCC#N)cc1. The summed E-state index contributed by atoms with van der Waals surface area (Å²) >= 11 is 0. The van der Waals surface area contributed by atoms with Crippen LogP contribution in [0, 0.1) is 11.3 Å². The van der Waals surface area contributed by atoms with Gasteiger partial charge in [0.05, 0.1) is 0 Å². The zero-order valence-corrected chi connectivity index (χ0v) is 10.1. The van der Waals surface area contributed by atoms with Gasteiger partial charge in [-0.3, -0.25) is 9.59 Å². The van der Waals surface area contributed by atoms with Crippen LogP contribution in [0.25, 0.3) is 0 Å². The molecule has 5 nitrogen and oxygen atoms in total. The molecule has 94 valence electrons. The first kappa shape index (κ1) is 13.9. The highest BCUT2D eigenvalue weighted by Gasteiger charge is 2.15. The smallest absolute Gasteiger partial charge is 0.324 e. The lowest BCUT2D eigenvalue weighted by molar-refractivity contribution is -0.143. The minimum Gasteiger partial charge on any atom is -0.449 e. The average Bonchev–Trinajstić information content (AvgIpc) is 2.36.